The highest BCUT2D eigenvalue weighted by Crippen LogP contribution is 2.30. The summed E-state index contributed by atoms with van der Waals surface area (Å²) < 4.78 is 14.1. The van der Waals surface area contributed by atoms with Crippen molar-refractivity contribution >= 4 is 31.9 Å². The normalized spacial score (nSPS) is 12.5. The van der Waals surface area contributed by atoms with Gasteiger partial charge in [0.05, 0.1) is 8.95 Å². The lowest BCUT2D eigenvalue weighted by atomic mass is 10.0. The van der Waals surface area contributed by atoms with E-state index >= 15 is 0 Å². The van der Waals surface area contributed by atoms with Gasteiger partial charge in [-0.2, -0.15) is 0 Å². The molecule has 88 valence electrons. The third kappa shape index (κ3) is 2.76. The monoisotopic (exact) mass is 358 g/mol. The molecule has 0 amide bonds. The SMILES string of the molecule is OC(c1ccccc1)c1cc(Br)c(F)c(Br)c1. The lowest BCUT2D eigenvalue weighted by Crippen LogP contribution is -2.00. The number of hydrogen-bond donors (Lipinski definition) is 1. The molecule has 0 radical (unpaired) electrons. The maximum absolute atomic E-state index is 13.4. The van der Waals surface area contributed by atoms with E-state index in [-0.39, 0.29) is 5.82 Å². The third-order valence-corrected chi connectivity index (χ3v) is 3.59. The summed E-state index contributed by atoms with van der Waals surface area (Å²) in [6.45, 7) is 0. The predicted molar refractivity (Wildman–Crippen MR) is 72.3 cm³/mol. The summed E-state index contributed by atoms with van der Waals surface area (Å²) in [5.74, 6) is -0.367. The zero-order valence-corrected chi connectivity index (χ0v) is 11.9. The van der Waals surface area contributed by atoms with Crippen molar-refractivity contribution in [3.8, 4) is 0 Å². The second-order valence-corrected chi connectivity index (χ2v) is 5.32. The molecule has 0 bridgehead atoms. The van der Waals surface area contributed by atoms with E-state index in [1.807, 2.05) is 30.3 Å². The number of hydrogen-bond acceptors (Lipinski definition) is 1. The van der Waals surface area contributed by atoms with Crippen LogP contribution in [-0.2, 0) is 0 Å². The molecule has 0 heterocycles. The number of halogens is 3. The Kier molecular flexibility index (Phi) is 3.97. The molecule has 2 aromatic carbocycles. The van der Waals surface area contributed by atoms with Crippen LogP contribution in [0.15, 0.2) is 51.4 Å². The molecule has 0 saturated heterocycles. The minimum atomic E-state index is -0.760. The second-order valence-electron chi connectivity index (χ2n) is 3.61. The van der Waals surface area contributed by atoms with Crippen LogP contribution in [0, 0.1) is 5.82 Å². The summed E-state index contributed by atoms with van der Waals surface area (Å²) in [5, 5.41) is 10.2. The summed E-state index contributed by atoms with van der Waals surface area (Å²) in [6.07, 6.45) is -0.760. The molecule has 1 nitrogen and oxygen atoms in total. The maximum Gasteiger partial charge on any atom is 0.151 e. The minimum absolute atomic E-state index is 0.330. The molecule has 0 aliphatic heterocycles. The highest BCUT2D eigenvalue weighted by atomic mass is 79.9. The Hall–Kier alpha value is -0.710. The lowest BCUT2D eigenvalue weighted by molar-refractivity contribution is 0.220. The molecule has 0 aliphatic carbocycles. The van der Waals surface area contributed by atoms with Crippen molar-refractivity contribution in [1.82, 2.24) is 0 Å². The van der Waals surface area contributed by atoms with Crippen LogP contribution in [0.3, 0.4) is 0 Å². The van der Waals surface area contributed by atoms with Crippen LogP contribution in [0.25, 0.3) is 0 Å². The van der Waals surface area contributed by atoms with Crippen molar-refractivity contribution < 1.29 is 9.50 Å². The summed E-state index contributed by atoms with van der Waals surface area (Å²) in [5.41, 5.74) is 1.41. The van der Waals surface area contributed by atoms with Crippen LogP contribution in [0.2, 0.25) is 0 Å². The van der Waals surface area contributed by atoms with E-state index in [0.717, 1.165) is 5.56 Å². The molecule has 1 atom stereocenters. The fraction of sp³-hybridized carbons (Fsp3) is 0.0769. The number of aliphatic hydroxyl groups excluding tert-OH is 1. The molecule has 17 heavy (non-hydrogen) atoms. The van der Waals surface area contributed by atoms with Gasteiger partial charge in [0.15, 0.2) is 5.82 Å². The molecular weight excluding hydrogens is 351 g/mol. The molecule has 0 aliphatic rings. The summed E-state index contributed by atoms with van der Waals surface area (Å²) in [6, 6.07) is 12.4. The van der Waals surface area contributed by atoms with E-state index in [1.165, 1.54) is 0 Å². The predicted octanol–water partition coefficient (Wildman–Crippen LogP) is 4.43. The number of rotatable bonds is 2. The topological polar surface area (TPSA) is 20.2 Å². The minimum Gasteiger partial charge on any atom is -0.384 e. The Labute approximate surface area is 116 Å². The Morgan fingerprint density at radius 1 is 0.941 bits per heavy atom. The first-order valence-corrected chi connectivity index (χ1v) is 6.55. The standard InChI is InChI=1S/C13H9Br2FO/c14-10-6-9(7-11(15)12(10)16)13(17)8-4-2-1-3-5-8/h1-7,13,17H. The van der Waals surface area contributed by atoms with Crippen LogP contribution in [0.1, 0.15) is 17.2 Å². The van der Waals surface area contributed by atoms with E-state index < -0.39 is 6.10 Å². The van der Waals surface area contributed by atoms with E-state index in [4.69, 9.17) is 0 Å². The molecule has 2 rings (SSSR count). The van der Waals surface area contributed by atoms with Crippen LogP contribution in [-0.4, -0.2) is 5.11 Å². The average Bonchev–Trinajstić information content (AvgIpc) is 2.35. The van der Waals surface area contributed by atoms with E-state index in [9.17, 15) is 9.50 Å². The molecule has 2 aromatic rings. The molecule has 0 fully saturated rings. The fourth-order valence-electron chi connectivity index (χ4n) is 1.56. The van der Waals surface area contributed by atoms with Gasteiger partial charge in [-0.05, 0) is 55.1 Å². The van der Waals surface area contributed by atoms with Gasteiger partial charge in [-0.1, -0.05) is 30.3 Å². The van der Waals surface area contributed by atoms with E-state index in [1.54, 1.807) is 12.1 Å². The fourth-order valence-corrected chi connectivity index (χ4v) is 2.78. The average molecular weight is 360 g/mol. The van der Waals surface area contributed by atoms with E-state index in [2.05, 4.69) is 31.9 Å². The summed E-state index contributed by atoms with van der Waals surface area (Å²) in [7, 11) is 0. The van der Waals surface area contributed by atoms with Gasteiger partial charge in [0.25, 0.3) is 0 Å². The van der Waals surface area contributed by atoms with Crippen LogP contribution < -0.4 is 0 Å². The Balaban J connectivity index is 2.41. The smallest absolute Gasteiger partial charge is 0.151 e. The van der Waals surface area contributed by atoms with Crippen molar-refractivity contribution in [1.29, 1.82) is 0 Å². The van der Waals surface area contributed by atoms with Gasteiger partial charge in [-0.3, -0.25) is 0 Å². The second kappa shape index (κ2) is 5.29. The molecule has 0 saturated carbocycles. The Morgan fingerprint density at radius 3 is 2.00 bits per heavy atom. The first-order valence-electron chi connectivity index (χ1n) is 4.97. The number of benzene rings is 2. The zero-order chi connectivity index (χ0) is 12.4. The highest BCUT2D eigenvalue weighted by molar-refractivity contribution is 9.11. The summed E-state index contributed by atoms with van der Waals surface area (Å²) in [4.78, 5) is 0. The van der Waals surface area contributed by atoms with Gasteiger partial charge in [-0.15, -0.1) is 0 Å². The van der Waals surface area contributed by atoms with Gasteiger partial charge in [0.1, 0.15) is 6.10 Å². The molecule has 1 unspecified atom stereocenters. The van der Waals surface area contributed by atoms with E-state index in [0.29, 0.717) is 14.5 Å². The quantitative estimate of drug-likeness (QED) is 0.786. The van der Waals surface area contributed by atoms with Crippen molar-refractivity contribution in [3.63, 3.8) is 0 Å². The largest absolute Gasteiger partial charge is 0.384 e. The molecule has 0 spiro atoms. The van der Waals surface area contributed by atoms with Gasteiger partial charge >= 0.3 is 0 Å². The van der Waals surface area contributed by atoms with Crippen molar-refractivity contribution in [2.45, 2.75) is 6.10 Å². The van der Waals surface area contributed by atoms with Crippen molar-refractivity contribution in [2.75, 3.05) is 0 Å². The first-order chi connectivity index (χ1) is 8.09. The number of aliphatic hydroxyl groups is 1. The van der Waals surface area contributed by atoms with Gasteiger partial charge in [0, 0.05) is 0 Å². The van der Waals surface area contributed by atoms with Crippen molar-refractivity contribution in [3.05, 3.63) is 68.4 Å². The van der Waals surface area contributed by atoms with Gasteiger partial charge in [-0.25, -0.2) is 4.39 Å². The van der Waals surface area contributed by atoms with Crippen LogP contribution >= 0.6 is 31.9 Å². The lowest BCUT2D eigenvalue weighted by Gasteiger charge is -2.12. The Bertz CT molecular complexity index is 505. The maximum atomic E-state index is 13.4. The van der Waals surface area contributed by atoms with Gasteiger partial charge < -0.3 is 5.11 Å². The Morgan fingerprint density at radius 2 is 1.47 bits per heavy atom. The van der Waals surface area contributed by atoms with Crippen molar-refractivity contribution in [2.24, 2.45) is 0 Å². The zero-order valence-electron chi connectivity index (χ0n) is 8.70. The molecule has 0 aromatic heterocycles. The van der Waals surface area contributed by atoms with Gasteiger partial charge in [0.2, 0.25) is 0 Å². The summed E-state index contributed by atoms with van der Waals surface area (Å²) >= 11 is 6.24. The highest BCUT2D eigenvalue weighted by Gasteiger charge is 2.14. The van der Waals surface area contributed by atoms with Crippen LogP contribution in [0.5, 0.6) is 0 Å². The molecule has 1 N–H and O–H groups in total. The third-order valence-electron chi connectivity index (χ3n) is 2.44. The molecule has 4 heteroatoms. The first kappa shape index (κ1) is 12.7. The molecular formula is C13H9Br2FO. The van der Waals surface area contributed by atoms with Crippen LogP contribution in [0.4, 0.5) is 4.39 Å².